The van der Waals surface area contributed by atoms with Crippen molar-refractivity contribution in [2.75, 3.05) is 6.54 Å². The fourth-order valence-corrected chi connectivity index (χ4v) is 2.27. The molecule has 1 aliphatic heterocycles. The SMILES string of the molecule is CC(=O)O.O=C1c2ccc(OCc3ccccc3)cc2CC[N+]1=O. The summed E-state index contributed by atoms with van der Waals surface area (Å²) in [6.45, 7) is 1.79. The van der Waals surface area contributed by atoms with E-state index in [9.17, 15) is 9.70 Å². The van der Waals surface area contributed by atoms with Crippen molar-refractivity contribution in [2.24, 2.45) is 0 Å². The van der Waals surface area contributed by atoms with Crippen LogP contribution in [-0.2, 0) is 17.8 Å². The Morgan fingerprint density at radius 2 is 1.88 bits per heavy atom. The number of carboxylic acids is 1. The maximum absolute atomic E-state index is 11.7. The van der Waals surface area contributed by atoms with E-state index < -0.39 is 11.9 Å². The van der Waals surface area contributed by atoms with Crippen LogP contribution < -0.4 is 4.74 Å². The maximum Gasteiger partial charge on any atom is 0.465 e. The number of rotatable bonds is 3. The normalized spacial score (nSPS) is 12.7. The number of nitroso groups, excluding NO2 is 1. The number of ether oxygens (including phenoxy) is 1. The van der Waals surface area contributed by atoms with Gasteiger partial charge in [0.05, 0.1) is 10.3 Å². The quantitative estimate of drug-likeness (QED) is 0.876. The summed E-state index contributed by atoms with van der Waals surface area (Å²) in [5.41, 5.74) is 2.46. The number of benzene rings is 2. The fraction of sp³-hybridized carbons (Fsp3) is 0.222. The van der Waals surface area contributed by atoms with Crippen LogP contribution in [0.1, 0.15) is 28.4 Å². The van der Waals surface area contributed by atoms with Crippen LogP contribution in [0.15, 0.2) is 48.5 Å². The summed E-state index contributed by atoms with van der Waals surface area (Å²) < 4.78 is 6.22. The van der Waals surface area contributed by atoms with E-state index in [-0.39, 0.29) is 6.54 Å². The zero-order valence-corrected chi connectivity index (χ0v) is 13.3. The zero-order chi connectivity index (χ0) is 17.5. The van der Waals surface area contributed by atoms with Crippen molar-refractivity contribution in [3.63, 3.8) is 0 Å². The van der Waals surface area contributed by atoms with E-state index in [0.29, 0.717) is 23.4 Å². The van der Waals surface area contributed by atoms with E-state index in [4.69, 9.17) is 14.6 Å². The summed E-state index contributed by atoms with van der Waals surface area (Å²) in [7, 11) is 0. The number of nitrogens with zero attached hydrogens (tertiary/aromatic N) is 1. The summed E-state index contributed by atoms with van der Waals surface area (Å²) in [6, 6.07) is 15.1. The van der Waals surface area contributed by atoms with Crippen LogP contribution in [0.3, 0.4) is 0 Å². The van der Waals surface area contributed by atoms with Crippen LogP contribution in [0.25, 0.3) is 0 Å². The number of carbonyl (C=O) groups excluding carboxylic acids is 1. The predicted molar refractivity (Wildman–Crippen MR) is 87.1 cm³/mol. The molecule has 0 saturated carbocycles. The van der Waals surface area contributed by atoms with E-state index in [1.54, 1.807) is 12.1 Å². The highest BCUT2D eigenvalue weighted by Gasteiger charge is 2.32. The second kappa shape index (κ2) is 8.01. The van der Waals surface area contributed by atoms with Gasteiger partial charge in [-0.25, -0.2) is 4.79 Å². The monoisotopic (exact) mass is 328 g/mol. The van der Waals surface area contributed by atoms with Gasteiger partial charge in [-0.3, -0.25) is 4.79 Å². The van der Waals surface area contributed by atoms with Gasteiger partial charge < -0.3 is 9.84 Å². The molecular weight excluding hydrogens is 310 g/mol. The zero-order valence-electron chi connectivity index (χ0n) is 13.3. The van der Waals surface area contributed by atoms with Gasteiger partial charge in [0.15, 0.2) is 0 Å². The Balaban J connectivity index is 0.000000471. The second-order valence-corrected chi connectivity index (χ2v) is 5.27. The van der Waals surface area contributed by atoms with Crippen molar-refractivity contribution in [1.82, 2.24) is 0 Å². The number of hydrogen-bond donors (Lipinski definition) is 1. The average Bonchev–Trinajstić information content (AvgIpc) is 2.57. The molecule has 124 valence electrons. The molecule has 0 atom stereocenters. The van der Waals surface area contributed by atoms with Crippen LogP contribution in [-0.4, -0.2) is 28.3 Å². The summed E-state index contributed by atoms with van der Waals surface area (Å²) in [5, 5.41) is 7.42. The predicted octanol–water partition coefficient (Wildman–Crippen LogP) is 2.83. The van der Waals surface area contributed by atoms with E-state index in [1.165, 1.54) is 0 Å². The highest BCUT2D eigenvalue weighted by Crippen LogP contribution is 2.23. The second-order valence-electron chi connectivity index (χ2n) is 5.27. The molecule has 0 saturated heterocycles. The van der Waals surface area contributed by atoms with Crippen molar-refractivity contribution in [2.45, 2.75) is 20.0 Å². The molecule has 0 aromatic heterocycles. The molecule has 0 unspecified atom stereocenters. The Morgan fingerprint density at radius 1 is 1.21 bits per heavy atom. The van der Waals surface area contributed by atoms with Gasteiger partial charge in [-0.15, -0.1) is 0 Å². The van der Waals surface area contributed by atoms with Crippen molar-refractivity contribution in [3.05, 3.63) is 70.1 Å². The number of carboxylic acid groups (broad SMARTS) is 1. The molecule has 3 rings (SSSR count). The third kappa shape index (κ3) is 4.74. The van der Waals surface area contributed by atoms with Gasteiger partial charge in [0.25, 0.3) is 5.97 Å². The van der Waals surface area contributed by atoms with Crippen molar-refractivity contribution in [3.8, 4) is 5.75 Å². The average molecular weight is 328 g/mol. The summed E-state index contributed by atoms with van der Waals surface area (Å²) in [5.74, 6) is -0.569. The first-order valence-electron chi connectivity index (χ1n) is 7.45. The number of amides is 1. The van der Waals surface area contributed by atoms with Crippen LogP contribution >= 0.6 is 0 Å². The number of fused-ring (bicyclic) bond motifs is 1. The lowest BCUT2D eigenvalue weighted by molar-refractivity contribution is -0.452. The topological polar surface area (TPSA) is 83.7 Å². The maximum atomic E-state index is 11.7. The van der Waals surface area contributed by atoms with Gasteiger partial charge in [-0.2, -0.15) is 0 Å². The molecule has 24 heavy (non-hydrogen) atoms. The molecule has 2 aromatic rings. The van der Waals surface area contributed by atoms with Crippen molar-refractivity contribution in [1.29, 1.82) is 0 Å². The Morgan fingerprint density at radius 3 is 2.54 bits per heavy atom. The van der Waals surface area contributed by atoms with Crippen molar-refractivity contribution >= 4 is 11.9 Å². The lowest BCUT2D eigenvalue weighted by atomic mass is 10.00. The molecule has 6 heteroatoms. The number of hydrogen-bond acceptors (Lipinski definition) is 4. The molecule has 1 heterocycles. The highest BCUT2D eigenvalue weighted by atomic mass is 16.5. The third-order valence-electron chi connectivity index (χ3n) is 3.37. The molecule has 0 bridgehead atoms. The van der Waals surface area contributed by atoms with E-state index in [1.807, 2.05) is 36.4 Å². The van der Waals surface area contributed by atoms with Crippen LogP contribution in [0.5, 0.6) is 5.75 Å². The largest absolute Gasteiger partial charge is 0.489 e. The number of carbonyl (C=O) groups is 2. The third-order valence-corrected chi connectivity index (χ3v) is 3.37. The van der Waals surface area contributed by atoms with Crippen LogP contribution in [0, 0.1) is 4.91 Å². The molecule has 0 aliphatic carbocycles. The molecule has 1 N–H and O–H groups in total. The van der Waals surface area contributed by atoms with E-state index in [0.717, 1.165) is 23.8 Å². The first kappa shape index (κ1) is 17.3. The molecule has 1 aliphatic rings. The fourth-order valence-electron chi connectivity index (χ4n) is 2.27. The number of aliphatic carboxylic acids is 1. The summed E-state index contributed by atoms with van der Waals surface area (Å²) in [4.78, 5) is 32.0. The first-order chi connectivity index (χ1) is 11.5. The summed E-state index contributed by atoms with van der Waals surface area (Å²) >= 11 is 0. The standard InChI is InChI=1S/C16H14NO3.C2H4O2/c18-16-15-7-6-14(10-13(15)8-9-17(16)19)20-11-12-4-2-1-3-5-12;1-2(3)4/h1-7,10H,8-9,11H2;1H3,(H,3,4)/q+1;. The van der Waals surface area contributed by atoms with E-state index in [2.05, 4.69) is 0 Å². The molecule has 6 nitrogen and oxygen atoms in total. The van der Waals surface area contributed by atoms with Crippen LogP contribution in [0.2, 0.25) is 0 Å². The minimum Gasteiger partial charge on any atom is -0.489 e. The minimum atomic E-state index is -0.833. The summed E-state index contributed by atoms with van der Waals surface area (Å²) in [6.07, 6.45) is 0.576. The molecule has 2 aromatic carbocycles. The molecular formula is C18H18NO5+. The van der Waals surface area contributed by atoms with Crippen LogP contribution in [0.4, 0.5) is 0 Å². The highest BCUT2D eigenvalue weighted by molar-refractivity contribution is 5.90. The van der Waals surface area contributed by atoms with Gasteiger partial charge in [0, 0.05) is 18.3 Å². The minimum absolute atomic E-state index is 0.216. The van der Waals surface area contributed by atoms with Crippen molar-refractivity contribution < 1.29 is 24.2 Å². The Kier molecular flexibility index (Phi) is 5.78. The van der Waals surface area contributed by atoms with Gasteiger partial charge in [-0.05, 0) is 29.3 Å². The smallest absolute Gasteiger partial charge is 0.465 e. The Hall–Kier alpha value is -3.02. The lowest BCUT2D eigenvalue weighted by Gasteiger charge is -2.11. The molecule has 0 fully saturated rings. The molecule has 0 radical (unpaired) electrons. The molecule has 0 spiro atoms. The van der Waals surface area contributed by atoms with Gasteiger partial charge >= 0.3 is 5.91 Å². The van der Waals surface area contributed by atoms with Gasteiger partial charge in [-0.1, -0.05) is 30.3 Å². The lowest BCUT2D eigenvalue weighted by Crippen LogP contribution is -2.27. The molecule has 1 amide bonds. The van der Waals surface area contributed by atoms with E-state index >= 15 is 0 Å². The van der Waals surface area contributed by atoms with Gasteiger partial charge in [0.2, 0.25) is 6.54 Å². The Labute approximate surface area is 139 Å². The first-order valence-corrected chi connectivity index (χ1v) is 7.45. The van der Waals surface area contributed by atoms with Gasteiger partial charge in [0.1, 0.15) is 12.4 Å². The Bertz CT molecular complexity index is 751.